The summed E-state index contributed by atoms with van der Waals surface area (Å²) in [6.45, 7) is 4.06. The quantitative estimate of drug-likeness (QED) is 0.623. The van der Waals surface area contributed by atoms with Crippen molar-refractivity contribution in [1.29, 1.82) is 0 Å². The maximum atomic E-state index is 12.5. The summed E-state index contributed by atoms with van der Waals surface area (Å²) in [4.78, 5) is 12.4. The van der Waals surface area contributed by atoms with E-state index < -0.39 is 10.0 Å². The van der Waals surface area contributed by atoms with Crippen molar-refractivity contribution < 1.29 is 17.9 Å². The highest BCUT2D eigenvalue weighted by Gasteiger charge is 2.20. The van der Waals surface area contributed by atoms with E-state index in [1.165, 1.54) is 51.0 Å². The van der Waals surface area contributed by atoms with E-state index in [1.807, 2.05) is 25.6 Å². The zero-order chi connectivity index (χ0) is 19.2. The third kappa shape index (κ3) is 5.89. The highest BCUT2D eigenvalue weighted by atomic mass is 32.2. The highest BCUT2D eigenvalue weighted by molar-refractivity contribution is 8.00. The van der Waals surface area contributed by atoms with Gasteiger partial charge in [-0.05, 0) is 44.9 Å². The van der Waals surface area contributed by atoms with Gasteiger partial charge in [0.15, 0.2) is 0 Å². The third-order valence-corrected chi connectivity index (χ3v) is 7.04. The summed E-state index contributed by atoms with van der Waals surface area (Å²) in [6.07, 6.45) is 5.00. The van der Waals surface area contributed by atoms with E-state index in [4.69, 9.17) is 4.74 Å². The molecular formula is C18H28N2O4S2. The van der Waals surface area contributed by atoms with Crippen LogP contribution in [0.25, 0.3) is 0 Å². The molecule has 0 heterocycles. The summed E-state index contributed by atoms with van der Waals surface area (Å²) in [5.74, 6) is 0.741. The molecule has 6 nitrogen and oxygen atoms in total. The first-order chi connectivity index (χ1) is 12.3. The number of carbonyl (C=O) groups excluding carboxylic acids is 1. The van der Waals surface area contributed by atoms with Crippen LogP contribution < -0.4 is 14.8 Å². The smallest absolute Gasteiger partial charge is 0.255 e. The number of rotatable bonds is 9. The molecule has 26 heavy (non-hydrogen) atoms. The Kier molecular flexibility index (Phi) is 7.79. The van der Waals surface area contributed by atoms with Gasteiger partial charge in [0.2, 0.25) is 10.0 Å². The Hall–Kier alpha value is -1.25. The zero-order valence-electron chi connectivity index (χ0n) is 15.6. The fourth-order valence-electron chi connectivity index (χ4n) is 2.91. The van der Waals surface area contributed by atoms with Crippen LogP contribution in [-0.4, -0.2) is 45.0 Å². The van der Waals surface area contributed by atoms with Crippen LogP contribution >= 0.6 is 11.8 Å². The number of thioether (sulfide) groups is 1. The van der Waals surface area contributed by atoms with Crippen LogP contribution in [-0.2, 0) is 10.0 Å². The molecule has 1 aliphatic carbocycles. The molecule has 0 unspecified atom stereocenters. The van der Waals surface area contributed by atoms with Gasteiger partial charge in [-0.1, -0.05) is 12.8 Å². The molecule has 0 saturated heterocycles. The van der Waals surface area contributed by atoms with Gasteiger partial charge in [-0.25, -0.2) is 13.1 Å². The van der Waals surface area contributed by atoms with Crippen molar-refractivity contribution in [3.8, 4) is 5.75 Å². The van der Waals surface area contributed by atoms with Gasteiger partial charge >= 0.3 is 0 Å². The van der Waals surface area contributed by atoms with Gasteiger partial charge in [0, 0.05) is 23.6 Å². The Labute approximate surface area is 160 Å². The number of hydrogen-bond acceptors (Lipinski definition) is 5. The summed E-state index contributed by atoms with van der Waals surface area (Å²) in [5.41, 5.74) is 0.212. The molecule has 1 aliphatic rings. The third-order valence-electron chi connectivity index (χ3n) is 4.20. The summed E-state index contributed by atoms with van der Waals surface area (Å²) in [7, 11) is -2.21. The maximum Gasteiger partial charge on any atom is 0.255 e. The second-order valence-corrected chi connectivity index (χ2v) is 9.84. The van der Waals surface area contributed by atoms with Crippen LogP contribution in [0.2, 0.25) is 0 Å². The van der Waals surface area contributed by atoms with Crippen molar-refractivity contribution in [2.24, 2.45) is 0 Å². The molecule has 1 aromatic carbocycles. The van der Waals surface area contributed by atoms with Gasteiger partial charge < -0.3 is 10.1 Å². The predicted molar refractivity (Wildman–Crippen MR) is 105 cm³/mol. The van der Waals surface area contributed by atoms with Crippen LogP contribution in [0.3, 0.4) is 0 Å². The molecule has 0 aliphatic heterocycles. The van der Waals surface area contributed by atoms with Crippen LogP contribution in [0.15, 0.2) is 23.1 Å². The summed E-state index contributed by atoms with van der Waals surface area (Å²) in [5, 5.41) is 3.42. The number of amides is 1. The van der Waals surface area contributed by atoms with Gasteiger partial charge in [-0.15, -0.1) is 0 Å². The average Bonchev–Trinajstić information content (AvgIpc) is 3.11. The second-order valence-electron chi connectivity index (χ2n) is 6.67. The fraction of sp³-hybridized carbons (Fsp3) is 0.611. The number of sulfonamides is 1. The SMILES string of the molecule is COc1ccc(S(=O)(=O)NCCSC2CCCC2)cc1C(=O)NC(C)C. The van der Waals surface area contributed by atoms with E-state index in [1.54, 1.807) is 0 Å². The minimum absolute atomic E-state index is 0.0572. The summed E-state index contributed by atoms with van der Waals surface area (Å²) < 4.78 is 32.9. The lowest BCUT2D eigenvalue weighted by Crippen LogP contribution is -2.31. The van der Waals surface area contributed by atoms with E-state index in [0.717, 1.165) is 5.75 Å². The summed E-state index contributed by atoms with van der Waals surface area (Å²) >= 11 is 1.83. The molecule has 8 heteroatoms. The Balaban J connectivity index is 2.04. The molecule has 146 valence electrons. The number of nitrogens with one attached hydrogen (secondary N) is 2. The molecule has 0 aromatic heterocycles. The average molecular weight is 401 g/mol. The Bertz CT molecular complexity index is 714. The highest BCUT2D eigenvalue weighted by Crippen LogP contribution is 2.29. The van der Waals surface area contributed by atoms with Crippen molar-refractivity contribution >= 4 is 27.7 Å². The van der Waals surface area contributed by atoms with Gasteiger partial charge in [0.1, 0.15) is 5.75 Å². The molecule has 1 aromatic rings. The molecule has 2 rings (SSSR count). The first-order valence-electron chi connectivity index (χ1n) is 8.93. The van der Waals surface area contributed by atoms with Gasteiger partial charge in [-0.2, -0.15) is 11.8 Å². The number of ether oxygens (including phenoxy) is 1. The van der Waals surface area contributed by atoms with E-state index in [2.05, 4.69) is 10.0 Å². The van der Waals surface area contributed by atoms with Crippen molar-refractivity contribution in [2.75, 3.05) is 19.4 Å². The van der Waals surface area contributed by atoms with Crippen molar-refractivity contribution in [3.63, 3.8) is 0 Å². The number of benzene rings is 1. The molecule has 0 spiro atoms. The molecule has 2 N–H and O–H groups in total. The topological polar surface area (TPSA) is 84.5 Å². The van der Waals surface area contributed by atoms with Gasteiger partial charge in [0.05, 0.1) is 17.6 Å². The van der Waals surface area contributed by atoms with Gasteiger partial charge in [0.25, 0.3) is 5.91 Å². The standard InChI is InChI=1S/C18H28N2O4S2/c1-13(2)20-18(21)16-12-15(8-9-17(16)24-3)26(22,23)19-10-11-25-14-6-4-5-7-14/h8-9,12-14,19H,4-7,10-11H2,1-3H3,(H,20,21). The van der Waals surface area contributed by atoms with Crippen LogP contribution in [0.1, 0.15) is 49.9 Å². The van der Waals surface area contributed by atoms with Gasteiger partial charge in [-0.3, -0.25) is 4.79 Å². The molecule has 0 radical (unpaired) electrons. The van der Waals surface area contributed by atoms with Crippen LogP contribution in [0.4, 0.5) is 0 Å². The molecule has 0 atom stereocenters. The van der Waals surface area contributed by atoms with E-state index >= 15 is 0 Å². The largest absolute Gasteiger partial charge is 0.496 e. The Morgan fingerprint density at radius 1 is 1.31 bits per heavy atom. The number of methoxy groups -OCH3 is 1. The fourth-order valence-corrected chi connectivity index (χ4v) is 5.32. The lowest BCUT2D eigenvalue weighted by Gasteiger charge is -2.14. The molecule has 0 bridgehead atoms. The summed E-state index contributed by atoms with van der Waals surface area (Å²) in [6, 6.07) is 4.27. The zero-order valence-corrected chi connectivity index (χ0v) is 17.2. The Morgan fingerprint density at radius 2 is 2.00 bits per heavy atom. The van der Waals surface area contributed by atoms with Crippen molar-refractivity contribution in [3.05, 3.63) is 23.8 Å². The lowest BCUT2D eigenvalue weighted by molar-refractivity contribution is 0.0940. The Morgan fingerprint density at radius 3 is 2.62 bits per heavy atom. The maximum absolute atomic E-state index is 12.5. The van der Waals surface area contributed by atoms with Crippen molar-refractivity contribution in [1.82, 2.24) is 10.0 Å². The molecule has 1 amide bonds. The molecular weight excluding hydrogens is 372 g/mol. The second kappa shape index (κ2) is 9.62. The van der Waals surface area contributed by atoms with E-state index in [-0.39, 0.29) is 22.4 Å². The minimum Gasteiger partial charge on any atom is -0.496 e. The van der Waals surface area contributed by atoms with Crippen LogP contribution in [0.5, 0.6) is 5.75 Å². The first-order valence-corrected chi connectivity index (χ1v) is 11.5. The molecule has 1 fully saturated rings. The lowest BCUT2D eigenvalue weighted by atomic mass is 10.2. The first kappa shape index (κ1) is 21.1. The number of hydrogen-bond donors (Lipinski definition) is 2. The normalized spacial score (nSPS) is 15.4. The predicted octanol–water partition coefficient (Wildman–Crippen LogP) is 2.79. The minimum atomic E-state index is -3.66. The monoisotopic (exact) mass is 400 g/mol. The number of carbonyl (C=O) groups is 1. The van der Waals surface area contributed by atoms with Crippen molar-refractivity contribution in [2.45, 2.75) is 55.7 Å². The van der Waals surface area contributed by atoms with Crippen LogP contribution in [0, 0.1) is 0 Å². The van der Waals surface area contributed by atoms with E-state index in [0.29, 0.717) is 17.5 Å². The molecule has 1 saturated carbocycles. The van der Waals surface area contributed by atoms with E-state index in [9.17, 15) is 13.2 Å².